The maximum Gasteiger partial charge on any atom is 0.244 e. The number of oxazole rings is 1. The molecular formula is C26H27N5O. The minimum atomic E-state index is 0.472. The summed E-state index contributed by atoms with van der Waals surface area (Å²) in [6.07, 6.45) is 3.06. The van der Waals surface area contributed by atoms with Crippen molar-refractivity contribution in [3.8, 4) is 28.8 Å². The van der Waals surface area contributed by atoms with Crippen LogP contribution >= 0.6 is 0 Å². The summed E-state index contributed by atoms with van der Waals surface area (Å²) in [5.74, 6) is 0.540. The Morgan fingerprint density at radius 2 is 1.94 bits per heavy atom. The first-order valence-electron chi connectivity index (χ1n) is 10.9. The van der Waals surface area contributed by atoms with Crippen LogP contribution in [0, 0.1) is 18.3 Å². The number of aryl methyl sites for hydroxylation is 1. The van der Waals surface area contributed by atoms with E-state index < -0.39 is 0 Å². The number of benzene rings is 2. The van der Waals surface area contributed by atoms with Gasteiger partial charge in [0.05, 0.1) is 11.3 Å². The van der Waals surface area contributed by atoms with Gasteiger partial charge in [-0.3, -0.25) is 0 Å². The van der Waals surface area contributed by atoms with Gasteiger partial charge in [-0.05, 0) is 50.7 Å². The summed E-state index contributed by atoms with van der Waals surface area (Å²) in [4.78, 5) is 9.51. The minimum Gasteiger partial charge on any atom is -0.432 e. The fourth-order valence-electron chi connectivity index (χ4n) is 4.80. The highest BCUT2D eigenvalue weighted by Crippen LogP contribution is 2.45. The quantitative estimate of drug-likeness (QED) is 0.469. The lowest BCUT2D eigenvalue weighted by molar-refractivity contribution is 0.315. The van der Waals surface area contributed by atoms with E-state index >= 15 is 0 Å². The predicted octanol–water partition coefficient (Wildman–Crippen LogP) is 4.82. The second-order valence-corrected chi connectivity index (χ2v) is 8.75. The van der Waals surface area contributed by atoms with Crippen LogP contribution in [0.3, 0.4) is 0 Å². The zero-order chi connectivity index (χ0) is 22.4. The van der Waals surface area contributed by atoms with Crippen molar-refractivity contribution in [2.45, 2.75) is 19.4 Å². The van der Waals surface area contributed by atoms with Gasteiger partial charge in [-0.25, -0.2) is 4.98 Å². The molecule has 1 unspecified atom stereocenters. The van der Waals surface area contributed by atoms with Gasteiger partial charge in [0.1, 0.15) is 17.3 Å². The summed E-state index contributed by atoms with van der Waals surface area (Å²) in [7, 11) is 6.24. The van der Waals surface area contributed by atoms with E-state index in [9.17, 15) is 5.26 Å². The normalized spacial score (nSPS) is 16.2. The Hall–Kier alpha value is -3.56. The van der Waals surface area contributed by atoms with E-state index in [0.29, 0.717) is 28.6 Å². The second-order valence-electron chi connectivity index (χ2n) is 8.75. The fourth-order valence-corrected chi connectivity index (χ4v) is 4.80. The summed E-state index contributed by atoms with van der Waals surface area (Å²) < 4.78 is 8.44. The van der Waals surface area contributed by atoms with Crippen LogP contribution < -0.4 is 4.90 Å². The van der Waals surface area contributed by atoms with Crippen LogP contribution in [0.5, 0.6) is 0 Å². The van der Waals surface area contributed by atoms with Crippen molar-refractivity contribution in [3.05, 3.63) is 59.8 Å². The molecule has 1 saturated heterocycles. The maximum absolute atomic E-state index is 10.1. The lowest BCUT2D eigenvalue weighted by atomic mass is 9.93. The third-order valence-electron chi connectivity index (χ3n) is 6.61. The monoisotopic (exact) mass is 425 g/mol. The third-order valence-corrected chi connectivity index (χ3v) is 6.61. The summed E-state index contributed by atoms with van der Waals surface area (Å²) in [5.41, 5.74) is 6.94. The predicted molar refractivity (Wildman–Crippen MR) is 128 cm³/mol. The Morgan fingerprint density at radius 3 is 2.56 bits per heavy atom. The molecule has 32 heavy (non-hydrogen) atoms. The number of rotatable bonds is 4. The molecule has 3 heterocycles. The van der Waals surface area contributed by atoms with Gasteiger partial charge in [-0.1, -0.05) is 30.3 Å². The molecule has 1 fully saturated rings. The van der Waals surface area contributed by atoms with E-state index in [4.69, 9.17) is 9.40 Å². The van der Waals surface area contributed by atoms with E-state index in [1.54, 1.807) is 0 Å². The first-order chi connectivity index (χ1) is 15.5. The van der Waals surface area contributed by atoms with Crippen LogP contribution in [-0.4, -0.2) is 47.7 Å². The summed E-state index contributed by atoms with van der Waals surface area (Å²) in [5, 5.41) is 10.1. The number of aromatic nitrogens is 2. The SMILES string of the molecule is Cc1c(-c2ccccc2)c(N2CCC(N(C)C)C2)c2oc(-c3cccn3C)nc2c1C#N. The second kappa shape index (κ2) is 7.85. The highest BCUT2D eigenvalue weighted by molar-refractivity contribution is 6.03. The number of likely N-dealkylation sites (N-methyl/N-ethyl adjacent to an activating group) is 1. The first kappa shape index (κ1) is 20.3. The molecule has 162 valence electrons. The number of anilines is 1. The van der Waals surface area contributed by atoms with Gasteiger partial charge in [0, 0.05) is 37.9 Å². The third kappa shape index (κ3) is 3.17. The standard InChI is InChI=1S/C26H27N5O/c1-17-20(15-27)23-25(32-26(28-23)21-11-8-13-30(21)4)24(22(17)18-9-6-5-7-10-18)31-14-12-19(16-31)29(2)3/h5-11,13,19H,12,14,16H2,1-4H3. The van der Waals surface area contributed by atoms with Crippen LogP contribution in [0.15, 0.2) is 53.1 Å². The molecule has 2 aromatic carbocycles. The molecule has 0 aliphatic carbocycles. The van der Waals surface area contributed by atoms with Gasteiger partial charge in [-0.15, -0.1) is 0 Å². The Morgan fingerprint density at radius 1 is 1.16 bits per heavy atom. The Balaban J connectivity index is 1.82. The smallest absolute Gasteiger partial charge is 0.244 e. The average Bonchev–Trinajstić information content (AvgIpc) is 3.53. The molecule has 1 aliphatic heterocycles. The van der Waals surface area contributed by atoms with Gasteiger partial charge in [0.15, 0.2) is 5.58 Å². The molecule has 0 saturated carbocycles. The van der Waals surface area contributed by atoms with Crippen molar-refractivity contribution in [1.82, 2.24) is 14.5 Å². The molecule has 1 aliphatic rings. The van der Waals surface area contributed by atoms with Crippen molar-refractivity contribution in [3.63, 3.8) is 0 Å². The molecule has 6 heteroatoms. The van der Waals surface area contributed by atoms with Gasteiger partial charge in [0.25, 0.3) is 0 Å². The highest BCUT2D eigenvalue weighted by atomic mass is 16.3. The van der Waals surface area contributed by atoms with Crippen molar-refractivity contribution in [2.24, 2.45) is 7.05 Å². The Bertz CT molecular complexity index is 1330. The van der Waals surface area contributed by atoms with Crippen molar-refractivity contribution in [2.75, 3.05) is 32.1 Å². The molecule has 0 N–H and O–H groups in total. The molecule has 0 spiro atoms. The highest BCUT2D eigenvalue weighted by Gasteiger charge is 2.32. The van der Waals surface area contributed by atoms with Crippen molar-refractivity contribution >= 4 is 16.8 Å². The minimum absolute atomic E-state index is 0.472. The van der Waals surface area contributed by atoms with Crippen molar-refractivity contribution < 1.29 is 4.42 Å². The number of nitrogens with zero attached hydrogens (tertiary/aromatic N) is 5. The van der Waals surface area contributed by atoms with Gasteiger partial charge in [0.2, 0.25) is 5.89 Å². The van der Waals surface area contributed by atoms with Crippen LogP contribution in [-0.2, 0) is 7.05 Å². The molecule has 4 aromatic rings. The number of hydrogen-bond donors (Lipinski definition) is 0. The fraction of sp³-hybridized carbons (Fsp3) is 0.308. The first-order valence-corrected chi connectivity index (χ1v) is 10.9. The molecule has 2 aromatic heterocycles. The van der Waals surface area contributed by atoms with E-state index in [1.807, 2.05) is 55.1 Å². The average molecular weight is 426 g/mol. The topological polar surface area (TPSA) is 61.2 Å². The van der Waals surface area contributed by atoms with Crippen LogP contribution in [0.1, 0.15) is 17.5 Å². The van der Waals surface area contributed by atoms with Crippen molar-refractivity contribution in [1.29, 1.82) is 5.26 Å². The van der Waals surface area contributed by atoms with Gasteiger partial charge < -0.3 is 18.8 Å². The molecular weight excluding hydrogens is 398 g/mol. The molecule has 0 radical (unpaired) electrons. The van der Waals surface area contributed by atoms with E-state index in [2.05, 4.69) is 42.1 Å². The Labute approximate surface area is 188 Å². The summed E-state index contributed by atoms with van der Waals surface area (Å²) in [6.45, 7) is 3.87. The zero-order valence-electron chi connectivity index (χ0n) is 19.0. The number of fused-ring (bicyclic) bond motifs is 1. The van der Waals surface area contributed by atoms with Crippen LogP contribution in [0.4, 0.5) is 5.69 Å². The summed E-state index contributed by atoms with van der Waals surface area (Å²) in [6, 6.07) is 17.1. The zero-order valence-corrected chi connectivity index (χ0v) is 19.0. The Kier molecular flexibility index (Phi) is 4.99. The van der Waals surface area contributed by atoms with E-state index in [-0.39, 0.29) is 0 Å². The number of nitriles is 1. The lowest BCUT2D eigenvalue weighted by Gasteiger charge is -2.25. The largest absolute Gasteiger partial charge is 0.432 e. The molecule has 5 rings (SSSR count). The van der Waals surface area contributed by atoms with Gasteiger partial charge in [-0.2, -0.15) is 5.26 Å². The van der Waals surface area contributed by atoms with Gasteiger partial charge >= 0.3 is 0 Å². The maximum atomic E-state index is 10.1. The molecule has 6 nitrogen and oxygen atoms in total. The molecule has 0 bridgehead atoms. The van der Waals surface area contributed by atoms with Crippen LogP contribution in [0.25, 0.3) is 33.8 Å². The van der Waals surface area contributed by atoms with Crippen LogP contribution in [0.2, 0.25) is 0 Å². The van der Waals surface area contributed by atoms with E-state index in [0.717, 1.165) is 47.6 Å². The summed E-state index contributed by atoms with van der Waals surface area (Å²) >= 11 is 0. The molecule has 1 atom stereocenters. The lowest BCUT2D eigenvalue weighted by Crippen LogP contribution is -2.31. The van der Waals surface area contributed by atoms with E-state index in [1.165, 1.54) is 0 Å². The molecule has 0 amide bonds. The number of hydrogen-bond acceptors (Lipinski definition) is 5.